The van der Waals surface area contributed by atoms with Crippen molar-refractivity contribution in [3.05, 3.63) is 22.4 Å². The predicted octanol–water partition coefficient (Wildman–Crippen LogP) is 3.32. The van der Waals surface area contributed by atoms with Crippen molar-refractivity contribution in [1.82, 2.24) is 5.32 Å². The summed E-state index contributed by atoms with van der Waals surface area (Å²) in [6.07, 6.45) is 7.23. The highest BCUT2D eigenvalue weighted by molar-refractivity contribution is 7.07. The molecule has 0 radical (unpaired) electrons. The molecule has 2 aliphatic rings. The van der Waals surface area contributed by atoms with Gasteiger partial charge in [0.2, 0.25) is 0 Å². The van der Waals surface area contributed by atoms with E-state index in [2.05, 4.69) is 22.1 Å². The minimum Gasteiger partial charge on any atom is -0.316 e. The highest BCUT2D eigenvalue weighted by Gasteiger charge is 2.40. The molecule has 0 aromatic carbocycles. The zero-order valence-corrected chi connectivity index (χ0v) is 10.6. The van der Waals surface area contributed by atoms with Crippen LogP contribution < -0.4 is 5.32 Å². The van der Waals surface area contributed by atoms with Crippen LogP contribution in [0.15, 0.2) is 16.8 Å². The molecule has 16 heavy (non-hydrogen) atoms. The van der Waals surface area contributed by atoms with Gasteiger partial charge in [-0.25, -0.2) is 0 Å². The lowest BCUT2D eigenvalue weighted by molar-refractivity contribution is 0.380. The van der Waals surface area contributed by atoms with Crippen molar-refractivity contribution in [1.29, 1.82) is 0 Å². The predicted molar refractivity (Wildman–Crippen MR) is 69.8 cm³/mol. The van der Waals surface area contributed by atoms with Gasteiger partial charge < -0.3 is 5.32 Å². The Kier molecular flexibility index (Phi) is 3.30. The summed E-state index contributed by atoms with van der Waals surface area (Å²) >= 11 is 1.81. The summed E-state index contributed by atoms with van der Waals surface area (Å²) in [7, 11) is 0. The van der Waals surface area contributed by atoms with Crippen LogP contribution in [-0.4, -0.2) is 13.1 Å². The Morgan fingerprint density at radius 1 is 1.25 bits per heavy atom. The van der Waals surface area contributed by atoms with Crippen LogP contribution >= 0.6 is 11.3 Å². The van der Waals surface area contributed by atoms with Crippen molar-refractivity contribution in [2.75, 3.05) is 13.1 Å². The van der Waals surface area contributed by atoms with Crippen LogP contribution in [0, 0.1) is 17.8 Å². The third kappa shape index (κ3) is 2.86. The fraction of sp³-hybridized carbons (Fsp3) is 0.714. The van der Waals surface area contributed by atoms with E-state index < -0.39 is 0 Å². The highest BCUT2D eigenvalue weighted by Crippen LogP contribution is 2.48. The third-order valence-corrected chi connectivity index (χ3v) is 4.74. The van der Waals surface area contributed by atoms with Gasteiger partial charge in [-0.3, -0.25) is 0 Å². The van der Waals surface area contributed by atoms with Gasteiger partial charge in [-0.2, -0.15) is 11.3 Å². The van der Waals surface area contributed by atoms with Crippen molar-refractivity contribution < 1.29 is 0 Å². The zero-order chi connectivity index (χ0) is 10.8. The topological polar surface area (TPSA) is 12.0 Å². The number of rotatable bonds is 7. The van der Waals surface area contributed by atoms with E-state index in [9.17, 15) is 0 Å². The van der Waals surface area contributed by atoms with Gasteiger partial charge in [0.15, 0.2) is 0 Å². The number of nitrogens with one attached hydrogen (secondary N) is 1. The molecule has 1 aromatic rings. The molecule has 2 fully saturated rings. The molecule has 0 atom stereocenters. The standard InChI is InChI=1S/C14H21NS/c1-2-12(1)14(13-3-4-13)9-15-7-5-11-6-8-16-10-11/h6,8,10,12-15H,1-5,7,9H2. The van der Waals surface area contributed by atoms with E-state index in [-0.39, 0.29) is 0 Å². The average Bonchev–Trinajstić information content (AvgIpc) is 3.20. The first-order valence-corrected chi connectivity index (χ1v) is 7.59. The second kappa shape index (κ2) is 4.89. The van der Waals surface area contributed by atoms with Crippen LogP contribution in [0.25, 0.3) is 0 Å². The Morgan fingerprint density at radius 3 is 2.56 bits per heavy atom. The quantitative estimate of drug-likeness (QED) is 0.715. The van der Waals surface area contributed by atoms with Gasteiger partial charge >= 0.3 is 0 Å². The number of thiophene rings is 1. The van der Waals surface area contributed by atoms with Crippen molar-refractivity contribution in [3.8, 4) is 0 Å². The lowest BCUT2D eigenvalue weighted by Gasteiger charge is -2.15. The van der Waals surface area contributed by atoms with Crippen LogP contribution in [0.3, 0.4) is 0 Å². The Bertz CT molecular complexity index is 299. The second-order valence-corrected chi connectivity index (χ2v) is 6.20. The van der Waals surface area contributed by atoms with Crippen molar-refractivity contribution in [2.45, 2.75) is 32.1 Å². The van der Waals surface area contributed by atoms with Crippen LogP contribution in [0.5, 0.6) is 0 Å². The van der Waals surface area contributed by atoms with Gasteiger partial charge in [-0.1, -0.05) is 0 Å². The monoisotopic (exact) mass is 235 g/mol. The smallest absolute Gasteiger partial charge is 0.000794 e. The SMILES string of the molecule is c1cc(CCNCC(C2CC2)C2CC2)cs1. The minimum absolute atomic E-state index is 1.02. The molecule has 1 aromatic heterocycles. The first-order valence-electron chi connectivity index (χ1n) is 6.65. The largest absolute Gasteiger partial charge is 0.316 e. The maximum atomic E-state index is 3.67. The first kappa shape index (κ1) is 10.8. The number of hydrogen-bond acceptors (Lipinski definition) is 2. The molecule has 0 amide bonds. The molecule has 2 saturated carbocycles. The van der Waals surface area contributed by atoms with E-state index >= 15 is 0 Å². The average molecular weight is 235 g/mol. The summed E-state index contributed by atoms with van der Waals surface area (Å²) in [5, 5.41) is 8.11. The molecule has 3 rings (SSSR count). The van der Waals surface area contributed by atoms with Gasteiger partial charge in [0.1, 0.15) is 0 Å². The van der Waals surface area contributed by atoms with Crippen molar-refractivity contribution in [3.63, 3.8) is 0 Å². The Morgan fingerprint density at radius 2 is 2.00 bits per heavy atom. The van der Waals surface area contributed by atoms with Crippen LogP contribution in [-0.2, 0) is 6.42 Å². The summed E-state index contributed by atoms with van der Waals surface area (Å²) in [5.41, 5.74) is 1.49. The van der Waals surface area contributed by atoms with Crippen LogP contribution in [0.2, 0.25) is 0 Å². The zero-order valence-electron chi connectivity index (χ0n) is 9.82. The van der Waals surface area contributed by atoms with E-state index in [1.807, 2.05) is 0 Å². The van der Waals surface area contributed by atoms with Crippen molar-refractivity contribution in [2.24, 2.45) is 17.8 Å². The normalized spacial score (nSPS) is 20.6. The van der Waals surface area contributed by atoms with E-state index in [0.29, 0.717) is 0 Å². The van der Waals surface area contributed by atoms with E-state index in [0.717, 1.165) is 24.3 Å². The summed E-state index contributed by atoms with van der Waals surface area (Å²) in [4.78, 5) is 0. The summed E-state index contributed by atoms with van der Waals surface area (Å²) in [5.74, 6) is 3.18. The van der Waals surface area contributed by atoms with Crippen LogP contribution in [0.1, 0.15) is 31.2 Å². The van der Waals surface area contributed by atoms with E-state index in [1.54, 1.807) is 11.3 Å². The van der Waals surface area contributed by atoms with E-state index in [4.69, 9.17) is 0 Å². The Labute approximate surface area is 102 Å². The third-order valence-electron chi connectivity index (χ3n) is 4.01. The molecule has 1 N–H and O–H groups in total. The van der Waals surface area contributed by atoms with Gasteiger partial charge in [-0.15, -0.1) is 0 Å². The van der Waals surface area contributed by atoms with Crippen molar-refractivity contribution >= 4 is 11.3 Å². The Hall–Kier alpha value is -0.340. The molecular formula is C14H21NS. The summed E-state index contributed by atoms with van der Waals surface area (Å²) in [6.45, 7) is 2.44. The summed E-state index contributed by atoms with van der Waals surface area (Å²) in [6, 6.07) is 2.24. The highest BCUT2D eigenvalue weighted by atomic mass is 32.1. The molecule has 0 saturated heterocycles. The summed E-state index contributed by atoms with van der Waals surface area (Å²) < 4.78 is 0. The molecule has 0 bridgehead atoms. The van der Waals surface area contributed by atoms with E-state index in [1.165, 1.54) is 44.2 Å². The lowest BCUT2D eigenvalue weighted by Crippen LogP contribution is -2.27. The van der Waals surface area contributed by atoms with Crippen LogP contribution in [0.4, 0.5) is 0 Å². The minimum atomic E-state index is 1.02. The van der Waals surface area contributed by atoms with Gasteiger partial charge in [0, 0.05) is 0 Å². The molecular weight excluding hydrogens is 214 g/mol. The molecule has 1 heterocycles. The van der Waals surface area contributed by atoms with Gasteiger partial charge in [0.05, 0.1) is 0 Å². The fourth-order valence-corrected chi connectivity index (χ4v) is 3.41. The number of hydrogen-bond donors (Lipinski definition) is 1. The molecule has 88 valence electrons. The maximum Gasteiger partial charge on any atom is -0.000794 e. The van der Waals surface area contributed by atoms with Gasteiger partial charge in [0.25, 0.3) is 0 Å². The van der Waals surface area contributed by atoms with Gasteiger partial charge in [-0.05, 0) is 85.3 Å². The Balaban J connectivity index is 1.35. The second-order valence-electron chi connectivity index (χ2n) is 5.42. The molecule has 2 heteroatoms. The molecule has 2 aliphatic carbocycles. The molecule has 0 aliphatic heterocycles. The lowest BCUT2D eigenvalue weighted by atomic mass is 9.98. The fourth-order valence-electron chi connectivity index (χ4n) is 2.70. The molecule has 1 nitrogen and oxygen atoms in total. The molecule has 0 spiro atoms. The molecule has 0 unspecified atom stereocenters. The first-order chi connectivity index (χ1) is 7.93. The maximum absolute atomic E-state index is 3.67.